The molecule has 0 saturated heterocycles. The first kappa shape index (κ1) is 22.3. The molecule has 6 heteroatoms. The van der Waals surface area contributed by atoms with Crippen molar-refractivity contribution in [1.29, 1.82) is 0 Å². The molecule has 1 aliphatic rings. The number of hydrogen-bond donors (Lipinski definition) is 1. The summed E-state index contributed by atoms with van der Waals surface area (Å²) in [7, 11) is -3.33. The highest BCUT2D eigenvalue weighted by atomic mass is 32.2. The van der Waals surface area contributed by atoms with Crippen LogP contribution in [0.3, 0.4) is 0 Å². The number of anilines is 1. The minimum Gasteiger partial charge on any atom is -0.345 e. The van der Waals surface area contributed by atoms with Gasteiger partial charge in [-0.05, 0) is 86.9 Å². The van der Waals surface area contributed by atoms with Gasteiger partial charge in [0, 0.05) is 12.1 Å². The molecule has 2 aromatic rings. The molecule has 1 N–H and O–H groups in total. The van der Waals surface area contributed by atoms with Gasteiger partial charge in [-0.3, -0.25) is 9.10 Å². The monoisotopic (exact) mass is 428 g/mol. The van der Waals surface area contributed by atoms with E-state index in [4.69, 9.17) is 0 Å². The zero-order valence-corrected chi connectivity index (χ0v) is 19.0. The van der Waals surface area contributed by atoms with Crippen LogP contribution in [0.2, 0.25) is 0 Å². The lowest BCUT2D eigenvalue weighted by atomic mass is 9.88. The molecule has 3 rings (SSSR count). The zero-order valence-electron chi connectivity index (χ0n) is 18.1. The number of carbonyl (C=O) groups is 1. The first-order chi connectivity index (χ1) is 14.4. The van der Waals surface area contributed by atoms with Crippen LogP contribution in [0, 0.1) is 0 Å². The highest BCUT2D eigenvalue weighted by Gasteiger charge is 2.20. The number of aryl methyl sites for hydroxylation is 2. The third kappa shape index (κ3) is 4.86. The Morgan fingerprint density at radius 3 is 2.27 bits per heavy atom. The molecular weight excluding hydrogens is 396 g/mol. The van der Waals surface area contributed by atoms with Crippen molar-refractivity contribution in [2.45, 2.75) is 58.9 Å². The zero-order chi connectivity index (χ0) is 21.7. The minimum atomic E-state index is -3.33. The van der Waals surface area contributed by atoms with Gasteiger partial charge in [0.2, 0.25) is 10.0 Å². The fraction of sp³-hybridized carbons (Fsp3) is 0.458. The summed E-state index contributed by atoms with van der Waals surface area (Å²) in [6.45, 7) is 5.86. The Kier molecular flexibility index (Phi) is 7.19. The summed E-state index contributed by atoms with van der Waals surface area (Å²) in [4.78, 5) is 12.8. The summed E-state index contributed by atoms with van der Waals surface area (Å²) in [5, 5.41) is 3.14. The first-order valence-electron chi connectivity index (χ1n) is 10.9. The Labute approximate surface area is 180 Å². The number of fused-ring (bicyclic) bond motifs is 1. The van der Waals surface area contributed by atoms with E-state index in [0.29, 0.717) is 17.8 Å². The van der Waals surface area contributed by atoms with Crippen molar-refractivity contribution >= 4 is 21.6 Å². The van der Waals surface area contributed by atoms with E-state index in [1.54, 1.807) is 38.1 Å². The largest absolute Gasteiger partial charge is 0.345 e. The van der Waals surface area contributed by atoms with Gasteiger partial charge in [-0.15, -0.1) is 0 Å². The first-order valence-corrected chi connectivity index (χ1v) is 12.5. The predicted octanol–water partition coefficient (Wildman–Crippen LogP) is 4.62. The van der Waals surface area contributed by atoms with Gasteiger partial charge in [-0.25, -0.2) is 8.42 Å². The molecule has 1 atom stereocenters. The van der Waals surface area contributed by atoms with Gasteiger partial charge in [0.05, 0.1) is 17.5 Å². The van der Waals surface area contributed by atoms with Crippen molar-refractivity contribution in [3.05, 3.63) is 64.7 Å². The predicted molar refractivity (Wildman–Crippen MR) is 123 cm³/mol. The van der Waals surface area contributed by atoms with Crippen LogP contribution in [0.25, 0.3) is 0 Å². The average Bonchev–Trinajstić information content (AvgIpc) is 2.77. The second-order valence-corrected chi connectivity index (χ2v) is 9.96. The van der Waals surface area contributed by atoms with Crippen LogP contribution in [0.5, 0.6) is 0 Å². The number of sulfonamides is 1. The molecule has 2 aromatic carbocycles. The highest BCUT2D eigenvalue weighted by Crippen LogP contribution is 2.26. The molecular formula is C24H32N2O3S. The van der Waals surface area contributed by atoms with E-state index in [1.807, 2.05) is 0 Å². The summed E-state index contributed by atoms with van der Waals surface area (Å²) < 4.78 is 25.9. The summed E-state index contributed by atoms with van der Waals surface area (Å²) in [5.41, 5.74) is 5.10. The number of hydrogen-bond acceptors (Lipinski definition) is 3. The van der Waals surface area contributed by atoms with E-state index in [0.717, 1.165) is 24.8 Å². The molecule has 0 heterocycles. The van der Waals surface area contributed by atoms with E-state index in [2.05, 4.69) is 30.4 Å². The number of rotatable bonds is 8. The molecule has 1 aliphatic carbocycles. The van der Waals surface area contributed by atoms with Gasteiger partial charge in [0.25, 0.3) is 5.91 Å². The van der Waals surface area contributed by atoms with Crippen molar-refractivity contribution in [1.82, 2.24) is 5.32 Å². The van der Waals surface area contributed by atoms with Crippen molar-refractivity contribution in [2.75, 3.05) is 16.6 Å². The summed E-state index contributed by atoms with van der Waals surface area (Å²) in [6, 6.07) is 13.3. The van der Waals surface area contributed by atoms with E-state index in [1.165, 1.54) is 28.3 Å². The third-order valence-electron chi connectivity index (χ3n) is 5.89. The van der Waals surface area contributed by atoms with Gasteiger partial charge < -0.3 is 5.32 Å². The van der Waals surface area contributed by atoms with Crippen LogP contribution in [0.4, 0.5) is 5.69 Å². The SMILES string of the molecule is CC[C@H](NC(=O)c1ccc(N(CC)S(=O)(=O)CC)cc1)c1ccc2c(c1)CCCC2. The molecule has 0 aliphatic heterocycles. The number of benzene rings is 2. The number of amides is 1. The van der Waals surface area contributed by atoms with Crippen LogP contribution in [0.15, 0.2) is 42.5 Å². The Hall–Kier alpha value is -2.34. The molecule has 0 radical (unpaired) electrons. The summed E-state index contributed by atoms with van der Waals surface area (Å²) in [5.74, 6) is -0.102. The standard InChI is InChI=1S/C24H32N2O3S/c1-4-23(21-12-11-18-9-7-8-10-20(18)17-21)25-24(27)19-13-15-22(16-14-19)26(5-2)30(28,29)6-3/h11-17,23H,4-10H2,1-3H3,(H,25,27)/t23-/m0/s1. The third-order valence-corrected chi connectivity index (χ3v) is 7.76. The second-order valence-electron chi connectivity index (χ2n) is 7.78. The van der Waals surface area contributed by atoms with E-state index in [-0.39, 0.29) is 17.7 Å². The maximum Gasteiger partial charge on any atom is 0.251 e. The van der Waals surface area contributed by atoms with Crippen molar-refractivity contribution in [2.24, 2.45) is 0 Å². The molecule has 0 unspecified atom stereocenters. The number of carbonyl (C=O) groups excluding carboxylic acids is 1. The fourth-order valence-electron chi connectivity index (χ4n) is 4.11. The van der Waals surface area contributed by atoms with Crippen LogP contribution in [0.1, 0.15) is 73.1 Å². The highest BCUT2D eigenvalue weighted by molar-refractivity contribution is 7.92. The Bertz CT molecular complexity index is 984. The maximum absolute atomic E-state index is 12.8. The molecule has 5 nitrogen and oxygen atoms in total. The fourth-order valence-corrected chi connectivity index (χ4v) is 5.26. The van der Waals surface area contributed by atoms with Gasteiger partial charge >= 0.3 is 0 Å². The topological polar surface area (TPSA) is 66.5 Å². The van der Waals surface area contributed by atoms with Crippen LogP contribution < -0.4 is 9.62 Å². The molecule has 30 heavy (non-hydrogen) atoms. The lowest BCUT2D eigenvalue weighted by molar-refractivity contribution is 0.0935. The van der Waals surface area contributed by atoms with Crippen LogP contribution >= 0.6 is 0 Å². The summed E-state index contributed by atoms with van der Waals surface area (Å²) >= 11 is 0. The van der Waals surface area contributed by atoms with Crippen molar-refractivity contribution in [3.8, 4) is 0 Å². The average molecular weight is 429 g/mol. The van der Waals surface area contributed by atoms with Crippen molar-refractivity contribution < 1.29 is 13.2 Å². The molecule has 162 valence electrons. The Morgan fingerprint density at radius 2 is 1.67 bits per heavy atom. The Morgan fingerprint density at radius 1 is 1.00 bits per heavy atom. The molecule has 0 fully saturated rings. The van der Waals surface area contributed by atoms with Gasteiger partial charge in [-0.1, -0.05) is 25.1 Å². The molecule has 0 saturated carbocycles. The lowest BCUT2D eigenvalue weighted by Gasteiger charge is -2.23. The van der Waals surface area contributed by atoms with Gasteiger partial charge in [0.1, 0.15) is 0 Å². The maximum atomic E-state index is 12.8. The molecule has 0 aromatic heterocycles. The number of nitrogens with zero attached hydrogens (tertiary/aromatic N) is 1. The van der Waals surface area contributed by atoms with Crippen molar-refractivity contribution in [3.63, 3.8) is 0 Å². The second kappa shape index (κ2) is 9.65. The smallest absolute Gasteiger partial charge is 0.251 e. The quantitative estimate of drug-likeness (QED) is 0.667. The van der Waals surface area contributed by atoms with Gasteiger partial charge in [0.15, 0.2) is 0 Å². The van der Waals surface area contributed by atoms with Crippen LogP contribution in [-0.4, -0.2) is 26.6 Å². The van der Waals surface area contributed by atoms with Gasteiger partial charge in [-0.2, -0.15) is 0 Å². The molecule has 0 spiro atoms. The normalized spacial score (nSPS) is 14.6. The minimum absolute atomic E-state index is 0.0437. The lowest BCUT2D eigenvalue weighted by Crippen LogP contribution is -2.32. The van der Waals surface area contributed by atoms with E-state index >= 15 is 0 Å². The number of nitrogens with one attached hydrogen (secondary N) is 1. The molecule has 1 amide bonds. The van der Waals surface area contributed by atoms with E-state index < -0.39 is 10.0 Å². The molecule has 0 bridgehead atoms. The van der Waals surface area contributed by atoms with E-state index in [9.17, 15) is 13.2 Å². The van der Waals surface area contributed by atoms with Crippen LogP contribution in [-0.2, 0) is 22.9 Å². The Balaban J connectivity index is 1.74. The summed E-state index contributed by atoms with van der Waals surface area (Å²) in [6.07, 6.45) is 5.55.